The molecule has 1 N–H and O–H groups in total. The van der Waals surface area contributed by atoms with E-state index in [1.165, 1.54) is 15.6 Å². The van der Waals surface area contributed by atoms with Gasteiger partial charge in [0.05, 0.1) is 23.5 Å². The maximum atomic E-state index is 13.7. The molecule has 3 aliphatic rings. The van der Waals surface area contributed by atoms with Gasteiger partial charge < -0.3 is 10.0 Å². The molecule has 1 aromatic carbocycles. The molecule has 1 saturated heterocycles. The van der Waals surface area contributed by atoms with Crippen LogP contribution in [0.3, 0.4) is 0 Å². The quantitative estimate of drug-likeness (QED) is 0.584. The Kier molecular flexibility index (Phi) is 7.01. The van der Waals surface area contributed by atoms with Crippen molar-refractivity contribution in [1.82, 2.24) is 4.31 Å². The number of carbonyl (C=O) groups excluding carboxylic acids is 1. The summed E-state index contributed by atoms with van der Waals surface area (Å²) in [6.45, 7) is 0.0163. The lowest BCUT2D eigenvalue weighted by Gasteiger charge is -2.45. The third kappa shape index (κ3) is 4.78. The van der Waals surface area contributed by atoms with Gasteiger partial charge in [0, 0.05) is 11.4 Å². The van der Waals surface area contributed by atoms with Crippen molar-refractivity contribution < 1.29 is 23.1 Å². The zero-order valence-corrected chi connectivity index (χ0v) is 21.4. The van der Waals surface area contributed by atoms with Crippen molar-refractivity contribution in [3.05, 3.63) is 41.3 Å². The van der Waals surface area contributed by atoms with Crippen LogP contribution in [0.25, 0.3) is 10.4 Å². The van der Waals surface area contributed by atoms with Gasteiger partial charge in [-0.15, -0.1) is 11.3 Å². The minimum atomic E-state index is -3.56. The smallest absolute Gasteiger partial charge is 0.348 e. The van der Waals surface area contributed by atoms with Crippen LogP contribution >= 0.6 is 11.3 Å². The largest absolute Gasteiger partial charge is 0.477 e. The number of benzene rings is 1. The molecule has 188 valence electrons. The van der Waals surface area contributed by atoms with Crippen LogP contribution in [0.15, 0.2) is 36.4 Å². The minimum Gasteiger partial charge on any atom is -0.477 e. The summed E-state index contributed by atoms with van der Waals surface area (Å²) in [5, 5.41) is 9.62. The summed E-state index contributed by atoms with van der Waals surface area (Å²) >= 11 is 1.17. The van der Waals surface area contributed by atoms with Crippen LogP contribution in [-0.4, -0.2) is 54.1 Å². The Morgan fingerprint density at radius 2 is 1.63 bits per heavy atom. The highest BCUT2D eigenvalue weighted by Crippen LogP contribution is 2.42. The maximum Gasteiger partial charge on any atom is 0.348 e. The molecular weight excluding hydrogens is 484 g/mol. The van der Waals surface area contributed by atoms with Crippen LogP contribution in [0.5, 0.6) is 0 Å². The molecule has 2 aliphatic carbocycles. The second-order valence-corrected chi connectivity index (χ2v) is 13.2. The number of rotatable bonds is 6. The van der Waals surface area contributed by atoms with Gasteiger partial charge in [-0.05, 0) is 43.2 Å². The molecule has 3 fully saturated rings. The number of thiophene rings is 1. The number of sulfonamides is 1. The van der Waals surface area contributed by atoms with E-state index in [4.69, 9.17) is 0 Å². The van der Waals surface area contributed by atoms with Crippen LogP contribution in [0.2, 0.25) is 0 Å². The van der Waals surface area contributed by atoms with Gasteiger partial charge in [0.15, 0.2) is 0 Å². The summed E-state index contributed by atoms with van der Waals surface area (Å²) in [6.07, 6.45) is 8.18. The average Bonchev–Trinajstić information content (AvgIpc) is 3.56. The molecule has 1 aromatic heterocycles. The van der Waals surface area contributed by atoms with E-state index >= 15 is 0 Å². The number of carbonyl (C=O) groups is 2. The van der Waals surface area contributed by atoms with E-state index in [0.29, 0.717) is 18.5 Å². The van der Waals surface area contributed by atoms with Crippen molar-refractivity contribution in [3.8, 4) is 10.4 Å². The minimum absolute atomic E-state index is 0.130. The molecule has 35 heavy (non-hydrogen) atoms. The van der Waals surface area contributed by atoms with Crippen molar-refractivity contribution in [2.24, 2.45) is 5.92 Å². The number of piperazine rings is 1. The zero-order valence-electron chi connectivity index (χ0n) is 19.8. The number of hydrogen-bond donors (Lipinski definition) is 1. The first-order valence-corrected chi connectivity index (χ1v) is 14.9. The van der Waals surface area contributed by atoms with Gasteiger partial charge in [-0.2, -0.15) is 4.31 Å². The lowest BCUT2D eigenvalue weighted by atomic mass is 9.82. The predicted octanol–water partition coefficient (Wildman–Crippen LogP) is 4.98. The first-order chi connectivity index (χ1) is 16.9. The topological polar surface area (TPSA) is 95.0 Å². The van der Waals surface area contributed by atoms with Crippen LogP contribution < -0.4 is 4.90 Å². The monoisotopic (exact) mass is 516 g/mol. The van der Waals surface area contributed by atoms with Crippen LogP contribution in [-0.2, 0) is 14.8 Å². The summed E-state index contributed by atoms with van der Waals surface area (Å²) < 4.78 is 28.3. The molecule has 2 saturated carbocycles. The molecule has 1 amide bonds. The molecule has 7 nitrogen and oxygen atoms in total. The number of carboxylic acids is 1. The Morgan fingerprint density at radius 1 is 0.971 bits per heavy atom. The highest BCUT2D eigenvalue weighted by Gasteiger charge is 2.46. The third-order valence-electron chi connectivity index (χ3n) is 7.80. The van der Waals surface area contributed by atoms with Crippen molar-refractivity contribution in [2.45, 2.75) is 69.1 Å². The van der Waals surface area contributed by atoms with Crippen LogP contribution in [0.1, 0.15) is 67.5 Å². The van der Waals surface area contributed by atoms with E-state index in [1.807, 2.05) is 30.3 Å². The summed E-state index contributed by atoms with van der Waals surface area (Å²) in [4.78, 5) is 28.5. The summed E-state index contributed by atoms with van der Waals surface area (Å²) in [5.74, 6) is -1.24. The highest BCUT2D eigenvalue weighted by molar-refractivity contribution is 7.89. The predicted molar refractivity (Wildman–Crippen MR) is 137 cm³/mol. The van der Waals surface area contributed by atoms with E-state index in [9.17, 15) is 23.1 Å². The highest BCUT2D eigenvalue weighted by atomic mass is 32.2. The number of hydrogen-bond acceptors (Lipinski definition) is 5. The van der Waals surface area contributed by atoms with Gasteiger partial charge in [-0.1, -0.05) is 62.4 Å². The number of nitrogens with zero attached hydrogens (tertiary/aromatic N) is 2. The molecule has 0 bridgehead atoms. The number of anilines is 1. The van der Waals surface area contributed by atoms with Crippen LogP contribution in [0.4, 0.5) is 5.69 Å². The van der Waals surface area contributed by atoms with Gasteiger partial charge >= 0.3 is 5.97 Å². The fraction of sp³-hybridized carbons (Fsp3) is 0.538. The number of amides is 1. The Morgan fingerprint density at radius 3 is 2.29 bits per heavy atom. The van der Waals surface area contributed by atoms with Gasteiger partial charge in [-0.25, -0.2) is 13.2 Å². The molecule has 1 atom stereocenters. The summed E-state index contributed by atoms with van der Waals surface area (Å²) in [6, 6.07) is 11.0. The van der Waals surface area contributed by atoms with Crippen LogP contribution in [0, 0.1) is 5.92 Å². The maximum absolute atomic E-state index is 13.7. The average molecular weight is 517 g/mol. The summed E-state index contributed by atoms with van der Waals surface area (Å²) in [7, 11) is -3.56. The molecule has 2 aromatic rings. The Bertz CT molecular complexity index is 1180. The molecular formula is C26H32N2O5S2. The SMILES string of the molecule is O=C(O)c1sc(-c2ccccc2)cc1N1C(=O)CN(S(=O)(=O)C2CCCC2)CC1C1CCCCC1. The van der Waals surface area contributed by atoms with Gasteiger partial charge in [0.25, 0.3) is 0 Å². The summed E-state index contributed by atoms with van der Waals surface area (Å²) in [5.41, 5.74) is 1.30. The van der Waals surface area contributed by atoms with Crippen molar-refractivity contribution in [1.29, 1.82) is 0 Å². The van der Waals surface area contributed by atoms with E-state index in [1.54, 1.807) is 11.0 Å². The second kappa shape index (κ2) is 10.0. The van der Waals surface area contributed by atoms with E-state index in [-0.39, 0.29) is 35.8 Å². The standard InChI is InChI=1S/C26H32N2O5S2/c29-24-17-27(35(32,33)20-13-7-8-14-20)16-22(18-9-3-1-4-10-18)28(24)21-15-23(34-25(21)26(30)31)19-11-5-2-6-12-19/h2,5-6,11-12,15,18,20,22H,1,3-4,7-10,13-14,16-17H2,(H,30,31). The Balaban J connectivity index is 1.54. The lowest BCUT2D eigenvalue weighted by Crippen LogP contribution is -2.61. The molecule has 1 unspecified atom stereocenters. The molecule has 0 spiro atoms. The van der Waals surface area contributed by atoms with Gasteiger partial charge in [0.1, 0.15) is 4.88 Å². The molecule has 2 heterocycles. The molecule has 0 radical (unpaired) electrons. The molecule has 5 rings (SSSR count). The van der Waals surface area contributed by atoms with Crippen molar-refractivity contribution in [3.63, 3.8) is 0 Å². The Hall–Kier alpha value is -2.23. The van der Waals surface area contributed by atoms with Crippen molar-refractivity contribution >= 4 is 38.9 Å². The normalized spacial score (nSPS) is 23.1. The van der Waals surface area contributed by atoms with E-state index < -0.39 is 21.2 Å². The first-order valence-electron chi connectivity index (χ1n) is 12.6. The first kappa shape index (κ1) is 24.5. The lowest BCUT2D eigenvalue weighted by molar-refractivity contribution is -0.121. The fourth-order valence-electron chi connectivity index (χ4n) is 6.01. The zero-order chi connectivity index (χ0) is 24.6. The number of aromatic carboxylic acids is 1. The van der Waals surface area contributed by atoms with Gasteiger partial charge in [0.2, 0.25) is 15.9 Å². The third-order valence-corrected chi connectivity index (χ3v) is 11.3. The van der Waals surface area contributed by atoms with Gasteiger partial charge in [-0.3, -0.25) is 4.79 Å². The second-order valence-electron chi connectivity index (χ2n) is 9.97. The Labute approximate surface area is 210 Å². The van der Waals surface area contributed by atoms with Crippen molar-refractivity contribution in [2.75, 3.05) is 18.0 Å². The molecule has 9 heteroatoms. The molecule has 1 aliphatic heterocycles. The van der Waals surface area contributed by atoms with E-state index in [0.717, 1.165) is 55.4 Å². The van der Waals surface area contributed by atoms with E-state index in [2.05, 4.69) is 0 Å². The number of carboxylic acid groups (broad SMARTS) is 1. The fourth-order valence-corrected chi connectivity index (χ4v) is 9.00.